The number of carbonyl (C=O) groups excluding carboxylic acids is 2. The van der Waals surface area contributed by atoms with Gasteiger partial charge in [-0.15, -0.1) is 0 Å². The standard InChI is InChI=1S/C13H15FN2O2/c1-15-12(18)10-4-3-9(7-11(10)14)16-13(8-17)5-2-6-13/h3-4,7-8,16H,2,5-6H2,1H3,(H,15,18). The molecule has 1 fully saturated rings. The summed E-state index contributed by atoms with van der Waals surface area (Å²) >= 11 is 0. The molecule has 1 aromatic rings. The summed E-state index contributed by atoms with van der Waals surface area (Å²) in [5.74, 6) is -1.06. The Morgan fingerprint density at radius 3 is 2.61 bits per heavy atom. The van der Waals surface area contributed by atoms with Crippen molar-refractivity contribution in [2.24, 2.45) is 0 Å². The van der Waals surface area contributed by atoms with Crippen molar-refractivity contribution in [3.8, 4) is 0 Å². The molecule has 1 aromatic carbocycles. The number of hydrogen-bond acceptors (Lipinski definition) is 3. The van der Waals surface area contributed by atoms with Gasteiger partial charge in [0.1, 0.15) is 12.1 Å². The fourth-order valence-corrected chi connectivity index (χ4v) is 2.03. The van der Waals surface area contributed by atoms with Crippen LogP contribution >= 0.6 is 0 Å². The van der Waals surface area contributed by atoms with E-state index in [9.17, 15) is 14.0 Å². The van der Waals surface area contributed by atoms with Crippen molar-refractivity contribution in [2.75, 3.05) is 12.4 Å². The quantitative estimate of drug-likeness (QED) is 0.800. The van der Waals surface area contributed by atoms with Gasteiger partial charge in [0.25, 0.3) is 5.91 Å². The summed E-state index contributed by atoms with van der Waals surface area (Å²) in [6, 6.07) is 4.26. The molecular formula is C13H15FN2O2. The maximum absolute atomic E-state index is 13.7. The van der Waals surface area contributed by atoms with Crippen LogP contribution < -0.4 is 10.6 Å². The van der Waals surface area contributed by atoms with Crippen molar-refractivity contribution in [1.82, 2.24) is 5.32 Å². The normalized spacial score (nSPS) is 16.6. The van der Waals surface area contributed by atoms with Gasteiger partial charge in [0.2, 0.25) is 0 Å². The third-order valence-electron chi connectivity index (χ3n) is 3.31. The number of hydrogen-bond donors (Lipinski definition) is 2. The smallest absolute Gasteiger partial charge is 0.253 e. The molecule has 0 aliphatic heterocycles. The van der Waals surface area contributed by atoms with Gasteiger partial charge in [-0.05, 0) is 37.5 Å². The molecule has 4 nitrogen and oxygen atoms in total. The number of aldehydes is 1. The molecule has 1 aliphatic carbocycles. The van der Waals surface area contributed by atoms with Gasteiger partial charge in [-0.1, -0.05) is 0 Å². The lowest BCUT2D eigenvalue weighted by molar-refractivity contribution is -0.113. The highest BCUT2D eigenvalue weighted by atomic mass is 19.1. The van der Waals surface area contributed by atoms with Gasteiger partial charge in [-0.2, -0.15) is 0 Å². The van der Waals surface area contributed by atoms with E-state index in [4.69, 9.17) is 0 Å². The lowest BCUT2D eigenvalue weighted by Crippen LogP contribution is -2.46. The first-order valence-corrected chi connectivity index (χ1v) is 5.86. The summed E-state index contributed by atoms with van der Waals surface area (Å²) in [6.07, 6.45) is 3.39. The van der Waals surface area contributed by atoms with E-state index in [1.807, 2.05) is 0 Å². The van der Waals surface area contributed by atoms with Crippen LogP contribution in [0.3, 0.4) is 0 Å². The maximum atomic E-state index is 13.7. The zero-order chi connectivity index (χ0) is 13.2. The summed E-state index contributed by atoms with van der Waals surface area (Å²) < 4.78 is 13.7. The second kappa shape index (κ2) is 4.76. The first-order chi connectivity index (χ1) is 8.60. The Morgan fingerprint density at radius 2 is 2.17 bits per heavy atom. The van der Waals surface area contributed by atoms with Crippen LogP contribution in [0.4, 0.5) is 10.1 Å². The second-order valence-electron chi connectivity index (χ2n) is 4.53. The Hall–Kier alpha value is -1.91. The van der Waals surface area contributed by atoms with Gasteiger partial charge in [-0.3, -0.25) is 4.79 Å². The molecule has 1 amide bonds. The van der Waals surface area contributed by atoms with Crippen LogP contribution in [-0.4, -0.2) is 24.8 Å². The molecule has 0 radical (unpaired) electrons. The highest BCUT2D eigenvalue weighted by molar-refractivity contribution is 5.94. The first kappa shape index (κ1) is 12.5. The first-order valence-electron chi connectivity index (χ1n) is 5.86. The van der Waals surface area contributed by atoms with E-state index in [1.54, 1.807) is 6.07 Å². The van der Waals surface area contributed by atoms with Gasteiger partial charge in [0, 0.05) is 12.7 Å². The van der Waals surface area contributed by atoms with Crippen molar-refractivity contribution < 1.29 is 14.0 Å². The fourth-order valence-electron chi connectivity index (χ4n) is 2.03. The molecule has 2 N–H and O–H groups in total. The van der Waals surface area contributed by atoms with Crippen LogP contribution in [0.2, 0.25) is 0 Å². The minimum atomic E-state index is -0.597. The van der Waals surface area contributed by atoms with Crippen molar-refractivity contribution in [3.63, 3.8) is 0 Å². The molecule has 0 bridgehead atoms. The second-order valence-corrected chi connectivity index (χ2v) is 4.53. The number of carbonyl (C=O) groups is 2. The van der Waals surface area contributed by atoms with Crippen molar-refractivity contribution >= 4 is 17.9 Å². The SMILES string of the molecule is CNC(=O)c1ccc(NC2(C=O)CCC2)cc1F. The molecule has 0 unspecified atom stereocenters. The molecule has 1 aliphatic rings. The number of amides is 1. The molecule has 0 heterocycles. The zero-order valence-corrected chi connectivity index (χ0v) is 10.1. The number of anilines is 1. The van der Waals surface area contributed by atoms with E-state index in [0.29, 0.717) is 5.69 Å². The highest BCUT2D eigenvalue weighted by Gasteiger charge is 2.36. The number of rotatable bonds is 4. The van der Waals surface area contributed by atoms with Gasteiger partial charge in [0.05, 0.1) is 11.1 Å². The molecular weight excluding hydrogens is 235 g/mol. The van der Waals surface area contributed by atoms with Gasteiger partial charge < -0.3 is 15.4 Å². The average molecular weight is 250 g/mol. The van der Waals surface area contributed by atoms with E-state index in [0.717, 1.165) is 25.5 Å². The zero-order valence-electron chi connectivity index (χ0n) is 10.1. The Balaban J connectivity index is 2.18. The predicted molar refractivity (Wildman–Crippen MR) is 66.1 cm³/mol. The van der Waals surface area contributed by atoms with Crippen molar-refractivity contribution in [3.05, 3.63) is 29.6 Å². The fraction of sp³-hybridized carbons (Fsp3) is 0.385. The minimum absolute atomic E-state index is 0.00295. The summed E-state index contributed by atoms with van der Waals surface area (Å²) in [6.45, 7) is 0. The summed E-state index contributed by atoms with van der Waals surface area (Å²) in [5, 5.41) is 5.39. The summed E-state index contributed by atoms with van der Waals surface area (Å²) in [4.78, 5) is 22.3. The Morgan fingerprint density at radius 1 is 1.44 bits per heavy atom. The average Bonchev–Trinajstić information content (AvgIpc) is 2.33. The maximum Gasteiger partial charge on any atom is 0.253 e. The Bertz CT molecular complexity index is 484. The van der Waals surface area contributed by atoms with Crippen molar-refractivity contribution in [2.45, 2.75) is 24.8 Å². The van der Waals surface area contributed by atoms with Crippen LogP contribution in [0.15, 0.2) is 18.2 Å². The molecule has 0 atom stereocenters. The van der Waals surface area contributed by atoms with Gasteiger partial charge in [-0.25, -0.2) is 4.39 Å². The van der Waals surface area contributed by atoms with Crippen LogP contribution in [0.5, 0.6) is 0 Å². The third kappa shape index (κ3) is 2.20. The molecule has 2 rings (SSSR count). The highest BCUT2D eigenvalue weighted by Crippen LogP contribution is 2.33. The van der Waals surface area contributed by atoms with Crippen LogP contribution in [0, 0.1) is 5.82 Å². The van der Waals surface area contributed by atoms with Gasteiger partial charge in [0.15, 0.2) is 0 Å². The molecule has 96 valence electrons. The minimum Gasteiger partial charge on any atom is -0.373 e. The Kier molecular flexibility index (Phi) is 3.32. The van der Waals surface area contributed by atoms with E-state index in [2.05, 4.69) is 10.6 Å². The summed E-state index contributed by atoms with van der Waals surface area (Å²) in [5.41, 5.74) is -0.0372. The predicted octanol–water partition coefficient (Wildman–Crippen LogP) is 1.72. The lowest BCUT2D eigenvalue weighted by Gasteiger charge is -2.38. The largest absolute Gasteiger partial charge is 0.373 e. The lowest BCUT2D eigenvalue weighted by atomic mass is 9.78. The van der Waals surface area contributed by atoms with Gasteiger partial charge >= 0.3 is 0 Å². The topological polar surface area (TPSA) is 58.2 Å². The number of benzene rings is 1. The number of nitrogens with one attached hydrogen (secondary N) is 2. The van der Waals surface area contributed by atoms with Crippen LogP contribution in [-0.2, 0) is 4.79 Å². The van der Waals surface area contributed by atoms with Crippen molar-refractivity contribution in [1.29, 1.82) is 0 Å². The van der Waals surface area contributed by atoms with Crippen LogP contribution in [0.25, 0.3) is 0 Å². The molecule has 0 saturated heterocycles. The summed E-state index contributed by atoms with van der Waals surface area (Å²) in [7, 11) is 1.45. The number of halogens is 1. The Labute approximate surface area is 105 Å². The molecule has 1 saturated carbocycles. The molecule has 5 heteroatoms. The molecule has 18 heavy (non-hydrogen) atoms. The third-order valence-corrected chi connectivity index (χ3v) is 3.31. The van der Waals surface area contributed by atoms with E-state index in [1.165, 1.54) is 19.2 Å². The van der Waals surface area contributed by atoms with Crippen LogP contribution in [0.1, 0.15) is 29.6 Å². The molecule has 0 spiro atoms. The monoisotopic (exact) mass is 250 g/mol. The molecule has 0 aromatic heterocycles. The van der Waals surface area contributed by atoms with E-state index < -0.39 is 17.3 Å². The van der Waals surface area contributed by atoms with E-state index in [-0.39, 0.29) is 5.56 Å². The van der Waals surface area contributed by atoms with E-state index >= 15 is 0 Å².